The smallest absolute Gasteiger partial charge is 0.408 e. The Morgan fingerprint density at radius 3 is 2.00 bits per heavy atom. The molecule has 1 fully saturated rings. The van der Waals surface area contributed by atoms with Crippen molar-refractivity contribution < 1.29 is 38.2 Å². The molecule has 1 saturated heterocycles. The summed E-state index contributed by atoms with van der Waals surface area (Å²) in [6.07, 6.45) is 3.46. The standard InChI is InChI=1S/C46H53N5O8/c52-42-24-21-36-16-7-8-18-41(36)51(42)38-25-29-50(30-26-38)44(54)37-19-22-39(23-20-37)57-31-11-28-47-43(53)40(49-46(56)59-33-35-14-5-2-6-15-35)17-9-10-27-48-45(55)58-32-34-12-3-1-4-13-34/h1-8,12-16,18-20,22-23,38,40H,9-11,17,21,24-33H2,(H,47,53)(H,48,55)(H,49,56)/t40-/m0/s1. The summed E-state index contributed by atoms with van der Waals surface area (Å²) in [7, 11) is 0. The zero-order valence-corrected chi connectivity index (χ0v) is 33.3. The summed E-state index contributed by atoms with van der Waals surface area (Å²) in [5.74, 6) is 0.359. The van der Waals surface area contributed by atoms with Crippen LogP contribution >= 0.6 is 0 Å². The monoisotopic (exact) mass is 803 g/mol. The van der Waals surface area contributed by atoms with E-state index in [1.165, 1.54) is 5.56 Å². The first-order valence-corrected chi connectivity index (χ1v) is 20.5. The molecule has 13 heteroatoms. The molecule has 59 heavy (non-hydrogen) atoms. The molecule has 0 aliphatic carbocycles. The van der Waals surface area contributed by atoms with Crippen LogP contribution in [-0.2, 0) is 38.7 Å². The predicted molar refractivity (Wildman–Crippen MR) is 223 cm³/mol. The number of piperidine rings is 1. The van der Waals surface area contributed by atoms with E-state index in [-0.39, 0.29) is 37.0 Å². The number of nitrogens with one attached hydrogen (secondary N) is 3. The van der Waals surface area contributed by atoms with E-state index in [9.17, 15) is 24.0 Å². The first-order chi connectivity index (χ1) is 28.8. The fraction of sp³-hybridized carbons (Fsp3) is 0.370. The van der Waals surface area contributed by atoms with Crippen LogP contribution in [0.5, 0.6) is 5.75 Å². The number of para-hydroxylation sites is 1. The van der Waals surface area contributed by atoms with Crippen molar-refractivity contribution in [2.45, 2.75) is 76.7 Å². The van der Waals surface area contributed by atoms with Gasteiger partial charge in [0, 0.05) is 49.9 Å². The lowest BCUT2D eigenvalue weighted by molar-refractivity contribution is -0.123. The maximum atomic E-state index is 13.3. The molecule has 3 N–H and O–H groups in total. The highest BCUT2D eigenvalue weighted by Crippen LogP contribution is 2.32. The lowest BCUT2D eigenvalue weighted by Gasteiger charge is -2.41. The Labute approximate surface area is 345 Å². The van der Waals surface area contributed by atoms with Crippen LogP contribution < -0.4 is 25.6 Å². The Bertz CT molecular complexity index is 1990. The topological polar surface area (TPSA) is 156 Å². The summed E-state index contributed by atoms with van der Waals surface area (Å²) in [5.41, 5.74) is 4.49. The number of alkyl carbamates (subject to hydrolysis) is 2. The van der Waals surface area contributed by atoms with Gasteiger partial charge in [0.1, 0.15) is 25.0 Å². The molecule has 0 unspecified atom stereocenters. The summed E-state index contributed by atoms with van der Waals surface area (Å²) in [6, 6.07) is 33.0. The molecule has 1 atom stereocenters. The van der Waals surface area contributed by atoms with Gasteiger partial charge in [0.2, 0.25) is 11.8 Å². The number of carbonyl (C=O) groups is 5. The maximum absolute atomic E-state index is 13.3. The predicted octanol–water partition coefficient (Wildman–Crippen LogP) is 6.55. The van der Waals surface area contributed by atoms with Gasteiger partial charge < -0.3 is 40.0 Å². The minimum atomic E-state index is -0.843. The van der Waals surface area contributed by atoms with Crippen LogP contribution in [0.15, 0.2) is 109 Å². The van der Waals surface area contributed by atoms with E-state index >= 15 is 0 Å². The van der Waals surface area contributed by atoms with Gasteiger partial charge in [0.15, 0.2) is 0 Å². The van der Waals surface area contributed by atoms with E-state index in [0.717, 1.165) is 36.1 Å². The fourth-order valence-electron chi connectivity index (χ4n) is 7.27. The molecule has 2 heterocycles. The number of ether oxygens (including phenoxy) is 3. The van der Waals surface area contributed by atoms with Gasteiger partial charge in [-0.3, -0.25) is 14.4 Å². The Morgan fingerprint density at radius 1 is 0.678 bits per heavy atom. The minimum Gasteiger partial charge on any atom is -0.494 e. The number of fused-ring (bicyclic) bond motifs is 1. The number of amides is 5. The highest BCUT2D eigenvalue weighted by atomic mass is 16.6. The fourth-order valence-corrected chi connectivity index (χ4v) is 7.27. The molecule has 2 aliphatic rings. The van der Waals surface area contributed by atoms with Crippen molar-refractivity contribution in [2.75, 3.05) is 37.7 Å². The highest BCUT2D eigenvalue weighted by molar-refractivity contribution is 5.97. The maximum Gasteiger partial charge on any atom is 0.408 e. The number of rotatable bonds is 18. The molecule has 6 rings (SSSR count). The molecular formula is C46H53N5O8. The summed E-state index contributed by atoms with van der Waals surface area (Å²) in [6.45, 7) is 2.38. The molecule has 310 valence electrons. The largest absolute Gasteiger partial charge is 0.494 e. The summed E-state index contributed by atoms with van der Waals surface area (Å²) < 4.78 is 16.5. The van der Waals surface area contributed by atoms with Gasteiger partial charge in [0.25, 0.3) is 5.91 Å². The van der Waals surface area contributed by atoms with Gasteiger partial charge in [-0.1, -0.05) is 78.9 Å². The average molecular weight is 804 g/mol. The highest BCUT2D eigenvalue weighted by Gasteiger charge is 2.34. The van der Waals surface area contributed by atoms with Crippen LogP contribution in [0.3, 0.4) is 0 Å². The second-order valence-electron chi connectivity index (χ2n) is 14.7. The van der Waals surface area contributed by atoms with Crippen molar-refractivity contribution in [3.05, 3.63) is 131 Å². The van der Waals surface area contributed by atoms with Crippen molar-refractivity contribution >= 4 is 35.6 Å². The quantitative estimate of drug-likeness (QED) is 0.0958. The zero-order valence-electron chi connectivity index (χ0n) is 33.3. The number of aryl methyl sites for hydroxylation is 1. The number of hydrogen-bond acceptors (Lipinski definition) is 8. The molecule has 4 aromatic rings. The Kier molecular flexibility index (Phi) is 15.7. The molecule has 13 nitrogen and oxygen atoms in total. The molecule has 5 amide bonds. The first-order valence-electron chi connectivity index (χ1n) is 20.5. The molecule has 0 spiro atoms. The van der Waals surface area contributed by atoms with Crippen LogP contribution in [0.1, 0.15) is 72.0 Å². The van der Waals surface area contributed by atoms with Crippen LogP contribution in [-0.4, -0.2) is 79.7 Å². The van der Waals surface area contributed by atoms with Crippen LogP contribution in [0, 0.1) is 0 Å². The normalized spacial score (nSPS) is 14.4. The van der Waals surface area contributed by atoms with Gasteiger partial charge in [0.05, 0.1) is 6.61 Å². The third kappa shape index (κ3) is 12.8. The third-order valence-corrected chi connectivity index (χ3v) is 10.5. The Hall–Kier alpha value is -6.37. The van der Waals surface area contributed by atoms with E-state index in [1.807, 2.05) is 88.7 Å². The number of anilines is 1. The number of benzene rings is 4. The number of carbonyl (C=O) groups excluding carboxylic acids is 5. The lowest BCUT2D eigenvalue weighted by Crippen LogP contribution is -2.50. The van der Waals surface area contributed by atoms with Crippen molar-refractivity contribution in [2.24, 2.45) is 0 Å². The molecule has 0 saturated carbocycles. The third-order valence-electron chi connectivity index (χ3n) is 10.5. The van der Waals surface area contributed by atoms with Crippen LogP contribution in [0.25, 0.3) is 0 Å². The van der Waals surface area contributed by atoms with E-state index in [1.54, 1.807) is 24.3 Å². The second kappa shape index (κ2) is 22.0. The molecule has 4 aromatic carbocycles. The summed E-state index contributed by atoms with van der Waals surface area (Å²) in [4.78, 5) is 68.0. The SMILES string of the molecule is O=C(NCCCC[C@H](NC(=O)OCc1ccccc1)C(=O)NCCCOc1ccc(C(=O)N2CCC(N3C(=O)CCc4ccccc43)CC2)cc1)OCc1ccccc1. The summed E-state index contributed by atoms with van der Waals surface area (Å²) >= 11 is 0. The van der Waals surface area contributed by atoms with Gasteiger partial charge in [-0.15, -0.1) is 0 Å². The minimum absolute atomic E-state index is 0.0483. The zero-order chi connectivity index (χ0) is 41.2. The average Bonchev–Trinajstić information content (AvgIpc) is 3.27. The molecule has 0 aromatic heterocycles. The van der Waals surface area contributed by atoms with E-state index in [0.29, 0.717) is 76.2 Å². The van der Waals surface area contributed by atoms with Gasteiger partial charge >= 0.3 is 12.2 Å². The van der Waals surface area contributed by atoms with Gasteiger partial charge in [-0.2, -0.15) is 0 Å². The number of unbranched alkanes of at least 4 members (excludes halogenated alkanes) is 1. The first kappa shape index (κ1) is 42.2. The molecule has 0 bridgehead atoms. The van der Waals surface area contributed by atoms with E-state index in [4.69, 9.17) is 14.2 Å². The van der Waals surface area contributed by atoms with Crippen molar-refractivity contribution in [3.8, 4) is 5.75 Å². The summed E-state index contributed by atoms with van der Waals surface area (Å²) in [5, 5.41) is 8.29. The van der Waals surface area contributed by atoms with Gasteiger partial charge in [-0.25, -0.2) is 9.59 Å². The number of likely N-dealkylation sites (tertiary alicyclic amines) is 1. The van der Waals surface area contributed by atoms with E-state index in [2.05, 4.69) is 22.0 Å². The Morgan fingerprint density at radius 2 is 1.31 bits per heavy atom. The molecule has 0 radical (unpaired) electrons. The van der Waals surface area contributed by atoms with Crippen molar-refractivity contribution in [1.29, 1.82) is 0 Å². The van der Waals surface area contributed by atoms with Crippen LogP contribution in [0.4, 0.5) is 15.3 Å². The van der Waals surface area contributed by atoms with Crippen molar-refractivity contribution in [3.63, 3.8) is 0 Å². The second-order valence-corrected chi connectivity index (χ2v) is 14.7. The van der Waals surface area contributed by atoms with Gasteiger partial charge in [-0.05, 0) is 92.0 Å². The molecule has 2 aliphatic heterocycles. The van der Waals surface area contributed by atoms with E-state index < -0.39 is 18.2 Å². The number of nitrogens with zero attached hydrogens (tertiary/aromatic N) is 2. The Balaban J connectivity index is 0.897. The lowest BCUT2D eigenvalue weighted by atomic mass is 9.95. The van der Waals surface area contributed by atoms with Crippen LogP contribution in [0.2, 0.25) is 0 Å². The molecular weight excluding hydrogens is 751 g/mol. The number of hydrogen-bond donors (Lipinski definition) is 3. The van der Waals surface area contributed by atoms with Crippen molar-refractivity contribution in [1.82, 2.24) is 20.9 Å².